The lowest BCUT2D eigenvalue weighted by Crippen LogP contribution is -2.40. The summed E-state index contributed by atoms with van der Waals surface area (Å²) in [6, 6.07) is 3.65. The number of nitrogens with zero attached hydrogens (tertiary/aromatic N) is 4. The zero-order valence-electron chi connectivity index (χ0n) is 16.1. The average molecular weight is 384 g/mol. The highest BCUT2D eigenvalue weighted by atomic mass is 16.6. The SMILES string of the molecule is CC[C@H](C)OC(=O)N1CCC(Cc2noc(-c3cc4cnccc4o3)n2)CC1. The summed E-state index contributed by atoms with van der Waals surface area (Å²) in [6.07, 6.45) is 6.50. The summed E-state index contributed by atoms with van der Waals surface area (Å²) in [7, 11) is 0. The molecule has 1 atom stereocenters. The second-order valence-corrected chi connectivity index (χ2v) is 7.28. The van der Waals surface area contributed by atoms with Gasteiger partial charge in [0.15, 0.2) is 11.6 Å². The molecule has 0 saturated carbocycles. The number of amides is 1. The molecule has 0 aromatic carbocycles. The number of piperidine rings is 1. The Morgan fingerprint density at radius 2 is 2.21 bits per heavy atom. The van der Waals surface area contributed by atoms with Crippen LogP contribution in [0.3, 0.4) is 0 Å². The number of fused-ring (bicyclic) bond motifs is 1. The Labute approximate surface area is 162 Å². The third-order valence-electron chi connectivity index (χ3n) is 5.22. The van der Waals surface area contributed by atoms with E-state index in [1.165, 1.54) is 0 Å². The molecule has 0 spiro atoms. The average Bonchev–Trinajstić information content (AvgIpc) is 3.35. The van der Waals surface area contributed by atoms with Gasteiger partial charge in [0.1, 0.15) is 11.7 Å². The number of furan rings is 1. The number of rotatable bonds is 5. The second-order valence-electron chi connectivity index (χ2n) is 7.28. The summed E-state index contributed by atoms with van der Waals surface area (Å²) >= 11 is 0. The largest absolute Gasteiger partial charge is 0.451 e. The molecule has 4 heterocycles. The van der Waals surface area contributed by atoms with E-state index in [2.05, 4.69) is 15.1 Å². The lowest BCUT2D eigenvalue weighted by Gasteiger charge is -2.31. The van der Waals surface area contributed by atoms with Crippen LogP contribution < -0.4 is 0 Å². The number of pyridine rings is 1. The highest BCUT2D eigenvalue weighted by Crippen LogP contribution is 2.27. The predicted molar refractivity (Wildman–Crippen MR) is 102 cm³/mol. The maximum atomic E-state index is 12.1. The number of carbonyl (C=O) groups excluding carboxylic acids is 1. The van der Waals surface area contributed by atoms with Crippen molar-refractivity contribution in [2.24, 2.45) is 5.92 Å². The van der Waals surface area contributed by atoms with Crippen molar-refractivity contribution in [1.29, 1.82) is 0 Å². The summed E-state index contributed by atoms with van der Waals surface area (Å²) < 4.78 is 16.5. The van der Waals surface area contributed by atoms with E-state index in [0.29, 0.717) is 36.5 Å². The number of hydrogen-bond acceptors (Lipinski definition) is 7. The molecular weight excluding hydrogens is 360 g/mol. The Morgan fingerprint density at radius 3 is 2.96 bits per heavy atom. The minimum atomic E-state index is -0.214. The maximum absolute atomic E-state index is 12.1. The van der Waals surface area contributed by atoms with Crippen LogP contribution in [0.5, 0.6) is 0 Å². The molecule has 0 bridgehead atoms. The standard InChI is InChI=1S/C20H24N4O4/c1-3-13(2)26-20(25)24-8-5-14(6-9-24)10-18-22-19(28-23-18)17-11-15-12-21-7-4-16(15)27-17/h4,7,11-14H,3,5-6,8-10H2,1-2H3/t13-/m0/s1. The quantitative estimate of drug-likeness (QED) is 0.654. The molecule has 1 aliphatic heterocycles. The van der Waals surface area contributed by atoms with Gasteiger partial charge in [-0.1, -0.05) is 12.1 Å². The van der Waals surface area contributed by atoms with Gasteiger partial charge in [0.25, 0.3) is 5.89 Å². The molecule has 0 aliphatic carbocycles. The third kappa shape index (κ3) is 4.00. The highest BCUT2D eigenvalue weighted by Gasteiger charge is 2.26. The summed E-state index contributed by atoms with van der Waals surface area (Å²) in [5, 5.41) is 4.99. The molecule has 0 unspecified atom stereocenters. The van der Waals surface area contributed by atoms with Gasteiger partial charge in [0.05, 0.1) is 0 Å². The van der Waals surface area contributed by atoms with Gasteiger partial charge in [0.2, 0.25) is 0 Å². The first-order valence-corrected chi connectivity index (χ1v) is 9.74. The molecule has 148 valence electrons. The van der Waals surface area contributed by atoms with Crippen LogP contribution in [0.2, 0.25) is 0 Å². The van der Waals surface area contributed by atoms with Crippen molar-refractivity contribution < 1.29 is 18.5 Å². The van der Waals surface area contributed by atoms with Gasteiger partial charge < -0.3 is 18.6 Å². The fraction of sp³-hybridized carbons (Fsp3) is 0.500. The molecule has 3 aromatic rings. The molecule has 1 saturated heterocycles. The molecule has 3 aromatic heterocycles. The monoisotopic (exact) mass is 384 g/mol. The molecule has 28 heavy (non-hydrogen) atoms. The first kappa shape index (κ1) is 18.5. The minimum Gasteiger partial charge on any atom is -0.451 e. The number of ether oxygens (including phenoxy) is 1. The Kier molecular flexibility index (Phi) is 5.27. The number of hydrogen-bond donors (Lipinski definition) is 0. The van der Waals surface area contributed by atoms with Crippen molar-refractivity contribution in [3.8, 4) is 11.7 Å². The fourth-order valence-corrected chi connectivity index (χ4v) is 3.33. The first-order chi connectivity index (χ1) is 13.6. The molecule has 8 heteroatoms. The van der Waals surface area contributed by atoms with Crippen molar-refractivity contribution >= 4 is 17.1 Å². The Bertz CT molecular complexity index is 909. The van der Waals surface area contributed by atoms with Gasteiger partial charge >= 0.3 is 6.09 Å². The van der Waals surface area contributed by atoms with Crippen molar-refractivity contribution in [3.63, 3.8) is 0 Å². The fourth-order valence-electron chi connectivity index (χ4n) is 3.33. The van der Waals surface area contributed by atoms with E-state index in [4.69, 9.17) is 13.7 Å². The van der Waals surface area contributed by atoms with Gasteiger partial charge in [-0.05, 0) is 44.2 Å². The van der Waals surface area contributed by atoms with Gasteiger partial charge in [0, 0.05) is 37.3 Å². The molecule has 0 N–H and O–H groups in total. The molecule has 1 amide bonds. The Hall–Kier alpha value is -2.90. The summed E-state index contributed by atoms with van der Waals surface area (Å²) in [6.45, 7) is 5.31. The molecule has 0 radical (unpaired) electrons. The van der Waals surface area contributed by atoms with Crippen LogP contribution in [-0.4, -0.2) is 45.3 Å². The summed E-state index contributed by atoms with van der Waals surface area (Å²) in [4.78, 5) is 22.5. The molecule has 1 fully saturated rings. The van der Waals surface area contributed by atoms with Crippen LogP contribution >= 0.6 is 0 Å². The molecule has 1 aliphatic rings. The van der Waals surface area contributed by atoms with E-state index in [1.54, 1.807) is 23.4 Å². The van der Waals surface area contributed by atoms with E-state index >= 15 is 0 Å². The van der Waals surface area contributed by atoms with Gasteiger partial charge in [-0.15, -0.1) is 0 Å². The maximum Gasteiger partial charge on any atom is 0.410 e. The van der Waals surface area contributed by atoms with Crippen LogP contribution in [0.25, 0.3) is 22.6 Å². The van der Waals surface area contributed by atoms with E-state index in [9.17, 15) is 4.79 Å². The van der Waals surface area contributed by atoms with Crippen molar-refractivity contribution in [2.75, 3.05) is 13.1 Å². The minimum absolute atomic E-state index is 0.0444. The number of likely N-dealkylation sites (tertiary alicyclic amines) is 1. The highest BCUT2D eigenvalue weighted by molar-refractivity contribution is 5.80. The molecule has 8 nitrogen and oxygen atoms in total. The zero-order chi connectivity index (χ0) is 19.5. The van der Waals surface area contributed by atoms with Gasteiger partial charge in [-0.3, -0.25) is 4.98 Å². The summed E-state index contributed by atoms with van der Waals surface area (Å²) in [5.74, 6) is 2.00. The van der Waals surface area contributed by atoms with Gasteiger partial charge in [-0.2, -0.15) is 4.98 Å². The lowest BCUT2D eigenvalue weighted by molar-refractivity contribution is 0.0579. The van der Waals surface area contributed by atoms with E-state index in [-0.39, 0.29) is 12.2 Å². The van der Waals surface area contributed by atoms with Crippen LogP contribution in [0.1, 0.15) is 38.9 Å². The third-order valence-corrected chi connectivity index (χ3v) is 5.22. The Balaban J connectivity index is 1.33. The van der Waals surface area contributed by atoms with Crippen LogP contribution in [0.4, 0.5) is 4.79 Å². The number of aromatic nitrogens is 3. The molecular formula is C20H24N4O4. The zero-order valence-corrected chi connectivity index (χ0v) is 16.1. The lowest BCUT2D eigenvalue weighted by atomic mass is 9.93. The van der Waals surface area contributed by atoms with Crippen molar-refractivity contribution in [3.05, 3.63) is 30.4 Å². The Morgan fingerprint density at radius 1 is 1.39 bits per heavy atom. The van der Waals surface area contributed by atoms with Gasteiger partial charge in [-0.25, -0.2) is 4.79 Å². The topological polar surface area (TPSA) is 94.5 Å². The van der Waals surface area contributed by atoms with Crippen molar-refractivity contribution in [1.82, 2.24) is 20.0 Å². The summed E-state index contributed by atoms with van der Waals surface area (Å²) in [5.41, 5.74) is 0.737. The normalized spacial score (nSPS) is 16.4. The molecule has 4 rings (SSSR count). The van der Waals surface area contributed by atoms with E-state index in [0.717, 1.165) is 36.7 Å². The van der Waals surface area contributed by atoms with E-state index in [1.807, 2.05) is 19.9 Å². The smallest absolute Gasteiger partial charge is 0.410 e. The second kappa shape index (κ2) is 8.00. The first-order valence-electron chi connectivity index (χ1n) is 9.74. The van der Waals surface area contributed by atoms with Crippen LogP contribution in [0.15, 0.2) is 33.5 Å². The van der Waals surface area contributed by atoms with Crippen LogP contribution in [0, 0.1) is 5.92 Å². The van der Waals surface area contributed by atoms with Crippen LogP contribution in [-0.2, 0) is 11.2 Å². The predicted octanol–water partition coefficient (Wildman–Crippen LogP) is 4.07. The van der Waals surface area contributed by atoms with E-state index < -0.39 is 0 Å². The number of carbonyl (C=O) groups is 1. The van der Waals surface area contributed by atoms with Crippen molar-refractivity contribution in [2.45, 2.75) is 45.6 Å².